The Morgan fingerprint density at radius 2 is 1.93 bits per heavy atom. The van der Waals surface area contributed by atoms with Crippen LogP contribution in [0.5, 0.6) is 0 Å². The molecule has 2 heterocycles. The average Bonchev–Trinajstić information content (AvgIpc) is 3.25. The number of nitrogens with one attached hydrogen (secondary N) is 1. The molecule has 3 rings (SSSR count). The fraction of sp³-hybridized carbons (Fsp3) is 0.600. The van der Waals surface area contributed by atoms with Gasteiger partial charge in [0.25, 0.3) is 5.56 Å². The standard InChI is InChI=1S/C20H29N5O3S/c1-11(2)9-24-17(21)16(18(27)23-19(24)28)15(26)10-29-20-22-12(3)13(4)25(20)14-7-5-6-8-14/h11,14H,5-10,21H2,1-4H3,(H,23,27,28). The predicted octanol–water partition coefficient (Wildman–Crippen LogP) is 2.68. The van der Waals surface area contributed by atoms with Crippen molar-refractivity contribution in [2.75, 3.05) is 11.5 Å². The van der Waals surface area contributed by atoms with Crippen molar-refractivity contribution in [3.05, 3.63) is 37.8 Å². The van der Waals surface area contributed by atoms with E-state index in [1.54, 1.807) is 0 Å². The molecule has 0 aromatic carbocycles. The van der Waals surface area contributed by atoms with E-state index in [0.29, 0.717) is 12.6 Å². The summed E-state index contributed by atoms with van der Waals surface area (Å²) in [7, 11) is 0. The first-order valence-electron chi connectivity index (χ1n) is 10.0. The molecular formula is C20H29N5O3S. The lowest BCUT2D eigenvalue weighted by Crippen LogP contribution is -2.37. The zero-order valence-electron chi connectivity index (χ0n) is 17.4. The number of hydrogen-bond donors (Lipinski definition) is 2. The van der Waals surface area contributed by atoms with Crippen LogP contribution in [0.15, 0.2) is 14.7 Å². The van der Waals surface area contributed by atoms with Gasteiger partial charge in [0.05, 0.1) is 11.4 Å². The van der Waals surface area contributed by atoms with E-state index in [2.05, 4.69) is 21.5 Å². The first kappa shape index (κ1) is 21.4. The maximum Gasteiger partial charge on any atom is 0.329 e. The molecule has 0 spiro atoms. The lowest BCUT2D eigenvalue weighted by Gasteiger charge is -2.17. The van der Waals surface area contributed by atoms with Crippen molar-refractivity contribution in [3.8, 4) is 0 Å². The van der Waals surface area contributed by atoms with Crippen LogP contribution < -0.4 is 17.0 Å². The lowest BCUT2D eigenvalue weighted by atomic mass is 10.2. The molecule has 0 amide bonds. The van der Waals surface area contributed by atoms with Crippen molar-refractivity contribution in [2.45, 2.75) is 71.1 Å². The maximum atomic E-state index is 12.9. The number of Topliss-reactive ketones (excluding diaryl/α,β-unsaturated/α-hetero) is 1. The predicted molar refractivity (Wildman–Crippen MR) is 115 cm³/mol. The van der Waals surface area contributed by atoms with E-state index in [1.165, 1.54) is 29.2 Å². The van der Waals surface area contributed by atoms with Gasteiger partial charge >= 0.3 is 5.69 Å². The number of rotatable bonds is 7. The van der Waals surface area contributed by atoms with Crippen molar-refractivity contribution in [1.82, 2.24) is 19.1 Å². The van der Waals surface area contributed by atoms with Gasteiger partial charge in [-0.05, 0) is 32.6 Å². The molecule has 1 aliphatic rings. The highest BCUT2D eigenvalue weighted by molar-refractivity contribution is 7.99. The number of H-pyrrole nitrogens is 1. The van der Waals surface area contributed by atoms with Crippen LogP contribution in [0.2, 0.25) is 0 Å². The van der Waals surface area contributed by atoms with Gasteiger partial charge in [-0.2, -0.15) is 0 Å². The Morgan fingerprint density at radius 3 is 2.55 bits per heavy atom. The van der Waals surface area contributed by atoms with Crippen LogP contribution in [-0.2, 0) is 6.54 Å². The van der Waals surface area contributed by atoms with E-state index in [1.807, 2.05) is 20.8 Å². The third-order valence-corrected chi connectivity index (χ3v) is 6.40. The van der Waals surface area contributed by atoms with Crippen molar-refractivity contribution >= 4 is 23.4 Å². The number of hydrogen-bond acceptors (Lipinski definition) is 6. The fourth-order valence-electron chi connectivity index (χ4n) is 3.90. The number of carbonyl (C=O) groups excluding carboxylic acids is 1. The van der Waals surface area contributed by atoms with Crippen molar-refractivity contribution < 1.29 is 4.79 Å². The molecule has 1 aliphatic carbocycles. The number of imidazole rings is 1. The van der Waals surface area contributed by atoms with Crippen LogP contribution in [0.4, 0.5) is 5.82 Å². The minimum absolute atomic E-state index is 0.0375. The molecule has 9 heteroatoms. The quantitative estimate of drug-likeness (QED) is 0.526. The summed E-state index contributed by atoms with van der Waals surface area (Å²) < 4.78 is 3.49. The molecule has 0 atom stereocenters. The van der Waals surface area contributed by atoms with Gasteiger partial charge in [0, 0.05) is 18.3 Å². The molecule has 2 aromatic heterocycles. The van der Waals surface area contributed by atoms with Gasteiger partial charge in [-0.3, -0.25) is 19.1 Å². The van der Waals surface area contributed by atoms with Crippen LogP contribution >= 0.6 is 11.8 Å². The van der Waals surface area contributed by atoms with Crippen molar-refractivity contribution in [1.29, 1.82) is 0 Å². The fourth-order valence-corrected chi connectivity index (χ4v) is 4.93. The molecule has 0 aliphatic heterocycles. The van der Waals surface area contributed by atoms with Gasteiger partial charge in [-0.1, -0.05) is 38.5 Å². The molecule has 2 aromatic rings. The molecule has 0 bridgehead atoms. The summed E-state index contributed by atoms with van der Waals surface area (Å²) in [5.74, 6) is -0.286. The summed E-state index contributed by atoms with van der Waals surface area (Å²) >= 11 is 1.32. The molecule has 0 saturated heterocycles. The molecule has 0 radical (unpaired) electrons. The minimum atomic E-state index is -0.732. The largest absolute Gasteiger partial charge is 0.384 e. The van der Waals surface area contributed by atoms with Crippen LogP contribution in [-0.4, -0.2) is 30.6 Å². The molecule has 158 valence electrons. The Labute approximate surface area is 173 Å². The normalized spacial score (nSPS) is 14.8. The number of aromatic nitrogens is 4. The van der Waals surface area contributed by atoms with Crippen molar-refractivity contribution in [2.24, 2.45) is 5.92 Å². The van der Waals surface area contributed by atoms with E-state index < -0.39 is 17.0 Å². The lowest BCUT2D eigenvalue weighted by molar-refractivity contribution is 0.102. The van der Waals surface area contributed by atoms with Gasteiger partial charge in [0.1, 0.15) is 11.4 Å². The highest BCUT2D eigenvalue weighted by Crippen LogP contribution is 2.35. The summed E-state index contributed by atoms with van der Waals surface area (Å²) in [6, 6.07) is 0.412. The Hall–Kier alpha value is -2.29. The highest BCUT2D eigenvalue weighted by Gasteiger charge is 2.25. The molecular weight excluding hydrogens is 390 g/mol. The number of nitrogen functional groups attached to an aromatic ring is 1. The van der Waals surface area contributed by atoms with Gasteiger partial charge in [0.15, 0.2) is 10.9 Å². The van der Waals surface area contributed by atoms with Crippen molar-refractivity contribution in [3.63, 3.8) is 0 Å². The summed E-state index contributed by atoms with van der Waals surface area (Å²) in [5.41, 5.74) is 6.66. The van der Waals surface area contributed by atoms with E-state index in [9.17, 15) is 14.4 Å². The zero-order valence-corrected chi connectivity index (χ0v) is 18.3. The number of aromatic amines is 1. The molecule has 8 nitrogen and oxygen atoms in total. The highest BCUT2D eigenvalue weighted by atomic mass is 32.2. The summed E-state index contributed by atoms with van der Waals surface area (Å²) in [6.07, 6.45) is 4.64. The first-order chi connectivity index (χ1) is 13.7. The molecule has 1 fully saturated rings. The number of ketones is 1. The molecule has 0 unspecified atom stereocenters. The zero-order chi connectivity index (χ0) is 21.3. The Morgan fingerprint density at radius 1 is 1.28 bits per heavy atom. The third kappa shape index (κ3) is 4.34. The maximum absolute atomic E-state index is 12.9. The number of thioether (sulfide) groups is 1. The van der Waals surface area contributed by atoms with Gasteiger partial charge < -0.3 is 10.3 Å². The van der Waals surface area contributed by atoms with Gasteiger partial charge in [-0.15, -0.1) is 0 Å². The van der Waals surface area contributed by atoms with Gasteiger partial charge in [0.2, 0.25) is 0 Å². The second kappa shape index (κ2) is 8.61. The smallest absolute Gasteiger partial charge is 0.329 e. The van der Waals surface area contributed by atoms with Gasteiger partial charge in [-0.25, -0.2) is 9.78 Å². The first-order valence-corrected chi connectivity index (χ1v) is 11.0. The number of aryl methyl sites for hydroxylation is 1. The third-order valence-electron chi connectivity index (χ3n) is 5.44. The molecule has 29 heavy (non-hydrogen) atoms. The van der Waals surface area contributed by atoms with E-state index in [0.717, 1.165) is 29.4 Å². The van der Waals surface area contributed by atoms with E-state index in [-0.39, 0.29) is 23.1 Å². The second-order valence-corrected chi connectivity index (χ2v) is 9.05. The second-order valence-electron chi connectivity index (χ2n) is 8.11. The van der Waals surface area contributed by atoms with Crippen LogP contribution in [0, 0.1) is 19.8 Å². The summed E-state index contributed by atoms with van der Waals surface area (Å²) in [6.45, 7) is 8.22. The Balaban J connectivity index is 1.86. The number of carbonyl (C=O) groups is 1. The van der Waals surface area contributed by atoms with Crippen LogP contribution in [0.25, 0.3) is 0 Å². The monoisotopic (exact) mass is 419 g/mol. The number of nitrogens with zero attached hydrogens (tertiary/aromatic N) is 3. The number of nitrogens with two attached hydrogens (primary N) is 1. The SMILES string of the molecule is Cc1nc(SCC(=O)c2c(N)n(CC(C)C)c(=O)[nH]c2=O)n(C2CCCC2)c1C. The molecule has 1 saturated carbocycles. The van der Waals surface area contributed by atoms with Crippen LogP contribution in [0.1, 0.15) is 67.3 Å². The minimum Gasteiger partial charge on any atom is -0.384 e. The summed E-state index contributed by atoms with van der Waals surface area (Å²) in [5, 5.41) is 0.797. The van der Waals surface area contributed by atoms with Crippen LogP contribution in [0.3, 0.4) is 0 Å². The van der Waals surface area contributed by atoms with E-state index >= 15 is 0 Å². The summed E-state index contributed by atoms with van der Waals surface area (Å²) in [4.78, 5) is 44.1. The number of anilines is 1. The topological polar surface area (TPSA) is 116 Å². The Bertz CT molecular complexity index is 1030. The average molecular weight is 420 g/mol. The Kier molecular flexibility index (Phi) is 6.36. The molecule has 3 N–H and O–H groups in total. The van der Waals surface area contributed by atoms with E-state index in [4.69, 9.17) is 5.73 Å².